The van der Waals surface area contributed by atoms with Gasteiger partial charge in [-0.1, -0.05) is 0 Å². The van der Waals surface area contributed by atoms with Gasteiger partial charge in [-0.3, -0.25) is 4.98 Å². The van der Waals surface area contributed by atoms with Crippen molar-refractivity contribution in [3.63, 3.8) is 0 Å². The van der Waals surface area contributed by atoms with Crippen LogP contribution in [0.25, 0.3) is 11.1 Å². The molecule has 3 rings (SSSR count). The van der Waals surface area contributed by atoms with Crippen molar-refractivity contribution >= 4 is 5.69 Å². The lowest BCUT2D eigenvalue weighted by Crippen LogP contribution is -2.37. The first-order valence-corrected chi connectivity index (χ1v) is 6.68. The third-order valence-corrected chi connectivity index (χ3v) is 3.35. The molecule has 1 fully saturated rings. The number of benzene rings is 1. The van der Waals surface area contributed by atoms with E-state index in [0.29, 0.717) is 0 Å². The van der Waals surface area contributed by atoms with Crippen LogP contribution < -0.4 is 5.73 Å². The molecule has 1 aliphatic rings. The highest BCUT2D eigenvalue weighted by atomic mass is 19.3. The van der Waals surface area contributed by atoms with Crippen molar-refractivity contribution in [2.24, 2.45) is 0 Å². The number of halogens is 4. The zero-order valence-electron chi connectivity index (χ0n) is 11.7. The third-order valence-electron chi connectivity index (χ3n) is 3.35. The van der Waals surface area contributed by atoms with Gasteiger partial charge in [0.15, 0.2) is 0 Å². The van der Waals surface area contributed by atoms with Gasteiger partial charge in [-0.25, -0.2) is 17.6 Å². The molecule has 2 N–H and O–H groups in total. The minimum Gasteiger partial charge on any atom is -0.397 e. The van der Waals surface area contributed by atoms with Gasteiger partial charge >= 0.3 is 0 Å². The van der Waals surface area contributed by atoms with E-state index in [0.717, 1.165) is 18.2 Å². The van der Waals surface area contributed by atoms with Crippen molar-refractivity contribution in [1.29, 1.82) is 0 Å². The number of rotatable bonds is 2. The lowest BCUT2D eigenvalue weighted by Gasteiger charge is -2.29. The Morgan fingerprint density at radius 2 is 1.78 bits per heavy atom. The van der Waals surface area contributed by atoms with Crippen LogP contribution in [0.5, 0.6) is 0 Å². The van der Waals surface area contributed by atoms with Crippen LogP contribution in [0.1, 0.15) is 12.0 Å². The Morgan fingerprint density at radius 3 is 2.48 bits per heavy atom. The summed E-state index contributed by atoms with van der Waals surface area (Å²) in [5.41, 5.74) is 6.07. The summed E-state index contributed by atoms with van der Waals surface area (Å²) in [6.07, 6.45) is 0.108. The summed E-state index contributed by atoms with van der Waals surface area (Å²) >= 11 is 0. The van der Waals surface area contributed by atoms with Gasteiger partial charge in [-0.2, -0.15) is 0 Å². The predicted molar refractivity (Wildman–Crippen MR) is 73.6 cm³/mol. The number of hydrogen-bond donors (Lipinski definition) is 1. The number of pyridine rings is 1. The topological polar surface area (TPSA) is 57.4 Å². The minimum atomic E-state index is -3.09. The maximum absolute atomic E-state index is 13.9. The molecule has 0 aliphatic carbocycles. The predicted octanol–water partition coefficient (Wildman–Crippen LogP) is 3.29. The van der Waals surface area contributed by atoms with Crippen molar-refractivity contribution < 1.29 is 27.0 Å². The number of ether oxygens (including phenoxy) is 2. The second kappa shape index (κ2) is 5.78. The van der Waals surface area contributed by atoms with Crippen molar-refractivity contribution in [3.8, 4) is 11.1 Å². The number of nitrogens with two attached hydrogens (primary N) is 1. The quantitative estimate of drug-likeness (QED) is 0.860. The highest BCUT2D eigenvalue weighted by Gasteiger charge is 2.38. The Balaban J connectivity index is 1.98. The lowest BCUT2D eigenvalue weighted by molar-refractivity contribution is -0.272. The number of nitrogen functional groups attached to an aromatic ring is 1. The van der Waals surface area contributed by atoms with E-state index in [1.165, 1.54) is 12.3 Å². The summed E-state index contributed by atoms with van der Waals surface area (Å²) in [5, 5.41) is 0. The summed E-state index contributed by atoms with van der Waals surface area (Å²) in [6.45, 7) is -1.67. The van der Waals surface area contributed by atoms with Crippen LogP contribution in [0, 0.1) is 11.6 Å². The molecule has 1 aromatic heterocycles. The summed E-state index contributed by atoms with van der Waals surface area (Å²) < 4.78 is 63.2. The van der Waals surface area contributed by atoms with Gasteiger partial charge in [-0.15, -0.1) is 0 Å². The number of aromatic nitrogens is 1. The molecule has 8 heteroatoms. The molecule has 4 nitrogen and oxygen atoms in total. The Bertz CT molecular complexity index is 729. The molecule has 0 radical (unpaired) electrons. The van der Waals surface area contributed by atoms with Crippen LogP contribution in [0.15, 0.2) is 30.5 Å². The molecule has 122 valence electrons. The smallest absolute Gasteiger partial charge is 0.293 e. The number of hydrogen-bond acceptors (Lipinski definition) is 4. The monoisotopic (exact) mass is 328 g/mol. The Hall–Kier alpha value is -2.19. The molecule has 0 atom stereocenters. The first kappa shape index (κ1) is 15.7. The second-order valence-electron chi connectivity index (χ2n) is 5.09. The Labute approximate surface area is 128 Å². The van der Waals surface area contributed by atoms with Gasteiger partial charge in [-0.05, 0) is 24.3 Å². The van der Waals surface area contributed by atoms with E-state index in [2.05, 4.69) is 4.98 Å². The standard InChI is InChI=1S/C15H12F4N2O2/c16-8-1-2-11(17)10(5-8)9-3-4-21-13(12(9)20)14-22-6-15(18,19)7-23-14/h1-5,14H,6-7,20H2. The molecule has 1 aromatic carbocycles. The first-order chi connectivity index (χ1) is 10.9. The molecule has 1 saturated heterocycles. The lowest BCUT2D eigenvalue weighted by atomic mass is 10.0. The van der Waals surface area contributed by atoms with Gasteiger partial charge in [0.1, 0.15) is 30.5 Å². The van der Waals surface area contributed by atoms with Crippen LogP contribution in [0.4, 0.5) is 23.2 Å². The fourth-order valence-electron chi connectivity index (χ4n) is 2.26. The molecule has 23 heavy (non-hydrogen) atoms. The largest absolute Gasteiger partial charge is 0.397 e. The maximum Gasteiger partial charge on any atom is 0.293 e. The van der Waals surface area contributed by atoms with Crippen molar-refractivity contribution in [2.75, 3.05) is 18.9 Å². The average Bonchev–Trinajstić information content (AvgIpc) is 2.51. The molecule has 0 unspecified atom stereocenters. The van der Waals surface area contributed by atoms with E-state index in [9.17, 15) is 17.6 Å². The molecular formula is C15H12F4N2O2. The third kappa shape index (κ3) is 3.13. The van der Waals surface area contributed by atoms with Gasteiger partial charge < -0.3 is 15.2 Å². The van der Waals surface area contributed by atoms with Gasteiger partial charge in [0.25, 0.3) is 5.92 Å². The van der Waals surface area contributed by atoms with Gasteiger partial charge in [0, 0.05) is 17.3 Å². The van der Waals surface area contributed by atoms with Gasteiger partial charge in [0.2, 0.25) is 6.29 Å². The molecular weight excluding hydrogens is 316 g/mol. The van der Waals surface area contributed by atoms with Crippen LogP contribution >= 0.6 is 0 Å². The minimum absolute atomic E-state index is 0.0211. The van der Waals surface area contributed by atoms with E-state index in [1.807, 2.05) is 0 Å². The Kier molecular flexibility index (Phi) is 3.95. The van der Waals surface area contributed by atoms with Crippen molar-refractivity contribution in [2.45, 2.75) is 12.2 Å². The van der Waals surface area contributed by atoms with Crippen LogP contribution in [-0.4, -0.2) is 24.1 Å². The maximum atomic E-state index is 13.9. The SMILES string of the molecule is Nc1c(-c2cc(F)ccc2F)ccnc1C1OCC(F)(F)CO1. The number of alkyl halides is 2. The molecule has 0 spiro atoms. The fourth-order valence-corrected chi connectivity index (χ4v) is 2.26. The van der Waals surface area contributed by atoms with Crippen LogP contribution in [-0.2, 0) is 9.47 Å². The molecule has 0 bridgehead atoms. The molecule has 2 heterocycles. The summed E-state index contributed by atoms with van der Waals surface area (Å²) in [6, 6.07) is 4.33. The van der Waals surface area contributed by atoms with Gasteiger partial charge in [0.05, 0.1) is 5.69 Å². The average molecular weight is 328 g/mol. The zero-order chi connectivity index (χ0) is 16.6. The summed E-state index contributed by atoms with van der Waals surface area (Å²) in [5.74, 6) is -4.39. The van der Waals surface area contributed by atoms with E-state index in [4.69, 9.17) is 15.2 Å². The highest BCUT2D eigenvalue weighted by molar-refractivity contribution is 5.78. The van der Waals surface area contributed by atoms with Crippen molar-refractivity contribution in [3.05, 3.63) is 47.8 Å². The van der Waals surface area contributed by atoms with E-state index in [1.54, 1.807) is 0 Å². The summed E-state index contributed by atoms with van der Waals surface area (Å²) in [4.78, 5) is 3.95. The summed E-state index contributed by atoms with van der Waals surface area (Å²) in [7, 11) is 0. The number of nitrogens with zero attached hydrogens (tertiary/aromatic N) is 1. The van der Waals surface area contributed by atoms with Crippen molar-refractivity contribution in [1.82, 2.24) is 4.98 Å². The second-order valence-corrected chi connectivity index (χ2v) is 5.09. The van der Waals surface area contributed by atoms with E-state index >= 15 is 0 Å². The Morgan fingerprint density at radius 1 is 1.09 bits per heavy atom. The zero-order valence-corrected chi connectivity index (χ0v) is 11.7. The number of anilines is 1. The van der Waals surface area contributed by atoms with Crippen LogP contribution in [0.3, 0.4) is 0 Å². The van der Waals surface area contributed by atoms with E-state index < -0.39 is 37.1 Å². The van der Waals surface area contributed by atoms with E-state index in [-0.39, 0.29) is 22.5 Å². The van der Waals surface area contributed by atoms with Crippen LogP contribution in [0.2, 0.25) is 0 Å². The molecule has 0 amide bonds. The molecule has 2 aromatic rings. The first-order valence-electron chi connectivity index (χ1n) is 6.68. The fraction of sp³-hybridized carbons (Fsp3) is 0.267. The normalized spacial score (nSPS) is 18.1. The molecule has 1 aliphatic heterocycles. The highest BCUT2D eigenvalue weighted by Crippen LogP contribution is 2.36. The molecule has 0 saturated carbocycles.